The van der Waals surface area contributed by atoms with Gasteiger partial charge in [0.15, 0.2) is 5.96 Å². The first kappa shape index (κ1) is 19.0. The van der Waals surface area contributed by atoms with Crippen LogP contribution in [0.25, 0.3) is 11.0 Å². The van der Waals surface area contributed by atoms with Crippen molar-refractivity contribution in [1.82, 2.24) is 20.2 Å². The second-order valence-electron chi connectivity index (χ2n) is 6.45. The number of piperidine rings is 1. The van der Waals surface area contributed by atoms with Crippen LogP contribution in [-0.2, 0) is 6.42 Å². The molecule has 0 amide bonds. The van der Waals surface area contributed by atoms with Crippen LogP contribution in [0.3, 0.4) is 0 Å². The second kappa shape index (κ2) is 9.25. The van der Waals surface area contributed by atoms with Gasteiger partial charge in [-0.2, -0.15) is 0 Å². The molecule has 2 N–H and O–H groups in total. The highest BCUT2D eigenvalue weighted by molar-refractivity contribution is 14.0. The van der Waals surface area contributed by atoms with Crippen molar-refractivity contribution in [2.75, 3.05) is 26.7 Å². The van der Waals surface area contributed by atoms with Gasteiger partial charge in [0.2, 0.25) is 0 Å². The molecule has 3 rings (SSSR count). The number of hydrogen-bond donors (Lipinski definition) is 2. The molecule has 2 aromatic rings. The summed E-state index contributed by atoms with van der Waals surface area (Å²) in [6.07, 6.45) is 4.53. The van der Waals surface area contributed by atoms with Gasteiger partial charge in [-0.3, -0.25) is 4.99 Å². The highest BCUT2D eigenvalue weighted by atomic mass is 127. The summed E-state index contributed by atoms with van der Waals surface area (Å²) in [5, 5.41) is 3.49. The van der Waals surface area contributed by atoms with Crippen LogP contribution < -0.4 is 5.32 Å². The largest absolute Gasteiger partial charge is 0.356 e. The normalized spacial score (nSPS) is 16.2. The zero-order chi connectivity index (χ0) is 16.1. The lowest BCUT2D eigenvalue weighted by molar-refractivity contribution is 0.273. The first-order valence-electron chi connectivity index (χ1n) is 8.65. The molecule has 0 bridgehead atoms. The number of aromatic amines is 1. The number of fused-ring (bicyclic) bond motifs is 1. The van der Waals surface area contributed by atoms with Gasteiger partial charge in [-0.15, -0.1) is 24.0 Å². The molecule has 0 saturated carbocycles. The average Bonchev–Trinajstić information content (AvgIpc) is 2.99. The molecule has 0 radical (unpaired) electrons. The third kappa shape index (κ3) is 4.84. The van der Waals surface area contributed by atoms with Crippen molar-refractivity contribution in [3.8, 4) is 0 Å². The molecule has 1 fully saturated rings. The number of benzene rings is 1. The highest BCUT2D eigenvalue weighted by Gasteiger charge is 2.18. The number of aromatic nitrogens is 2. The Bertz CT molecular complexity index is 625. The fraction of sp³-hybridized carbons (Fsp3) is 0.556. The summed E-state index contributed by atoms with van der Waals surface area (Å²) in [7, 11) is 1.87. The van der Waals surface area contributed by atoms with Gasteiger partial charge in [0.1, 0.15) is 5.82 Å². The quantitative estimate of drug-likeness (QED) is 0.331. The van der Waals surface area contributed by atoms with E-state index in [1.165, 1.54) is 12.8 Å². The van der Waals surface area contributed by atoms with E-state index >= 15 is 0 Å². The van der Waals surface area contributed by atoms with Crippen molar-refractivity contribution < 1.29 is 0 Å². The summed E-state index contributed by atoms with van der Waals surface area (Å²) in [5.74, 6) is 2.95. The Morgan fingerprint density at radius 1 is 1.33 bits per heavy atom. The topological polar surface area (TPSA) is 56.3 Å². The summed E-state index contributed by atoms with van der Waals surface area (Å²) >= 11 is 0. The van der Waals surface area contributed by atoms with Crippen LogP contribution in [0.1, 0.15) is 32.0 Å². The second-order valence-corrected chi connectivity index (χ2v) is 6.45. The number of halogens is 1. The molecule has 0 aliphatic carbocycles. The van der Waals surface area contributed by atoms with Crippen LogP contribution in [0.5, 0.6) is 0 Å². The molecule has 24 heavy (non-hydrogen) atoms. The van der Waals surface area contributed by atoms with E-state index in [9.17, 15) is 0 Å². The smallest absolute Gasteiger partial charge is 0.193 e. The van der Waals surface area contributed by atoms with E-state index in [4.69, 9.17) is 0 Å². The molecule has 6 heteroatoms. The van der Waals surface area contributed by atoms with Crippen molar-refractivity contribution >= 4 is 41.0 Å². The maximum Gasteiger partial charge on any atom is 0.193 e. The van der Waals surface area contributed by atoms with E-state index in [-0.39, 0.29) is 24.0 Å². The number of rotatable bonds is 4. The first-order chi connectivity index (χ1) is 11.3. The number of imidazole rings is 1. The Balaban J connectivity index is 0.00000208. The number of para-hydroxylation sites is 2. The number of nitrogens with zero attached hydrogens (tertiary/aromatic N) is 3. The zero-order valence-corrected chi connectivity index (χ0v) is 16.9. The predicted octanol–water partition coefficient (Wildman–Crippen LogP) is 3.42. The van der Waals surface area contributed by atoms with Gasteiger partial charge < -0.3 is 15.2 Å². The number of nitrogens with one attached hydrogen (secondary N) is 2. The van der Waals surface area contributed by atoms with Crippen molar-refractivity contribution in [2.24, 2.45) is 10.9 Å². The van der Waals surface area contributed by atoms with E-state index in [2.05, 4.69) is 38.2 Å². The van der Waals surface area contributed by atoms with Gasteiger partial charge in [-0.25, -0.2) is 4.98 Å². The molecule has 0 atom stereocenters. The summed E-state index contributed by atoms with van der Waals surface area (Å²) < 4.78 is 0. The van der Waals surface area contributed by atoms with Gasteiger partial charge in [0.05, 0.1) is 11.0 Å². The van der Waals surface area contributed by atoms with E-state index in [1.807, 2.05) is 25.2 Å². The predicted molar refractivity (Wildman–Crippen MR) is 111 cm³/mol. The number of aliphatic imine (C=N–C) groups is 1. The maximum absolute atomic E-state index is 4.62. The van der Waals surface area contributed by atoms with Crippen LogP contribution in [0.2, 0.25) is 0 Å². The number of likely N-dealkylation sites (tertiary alicyclic amines) is 1. The van der Waals surface area contributed by atoms with E-state index in [0.29, 0.717) is 0 Å². The lowest BCUT2D eigenvalue weighted by Gasteiger charge is -2.32. The highest BCUT2D eigenvalue weighted by Crippen LogP contribution is 2.16. The van der Waals surface area contributed by atoms with Crippen LogP contribution in [0.15, 0.2) is 29.3 Å². The fourth-order valence-electron chi connectivity index (χ4n) is 3.13. The molecular formula is C18H28IN5. The van der Waals surface area contributed by atoms with Crippen LogP contribution >= 0.6 is 24.0 Å². The minimum Gasteiger partial charge on any atom is -0.356 e. The van der Waals surface area contributed by atoms with Crippen molar-refractivity contribution in [3.05, 3.63) is 30.1 Å². The molecule has 132 valence electrons. The summed E-state index contributed by atoms with van der Waals surface area (Å²) in [6.45, 7) is 5.49. The SMILES string of the molecule is CN=C(NCCCc1nc2ccccc2[nH]1)N1CCC(C)CC1.I. The molecule has 0 spiro atoms. The Hall–Kier alpha value is -1.31. The lowest BCUT2D eigenvalue weighted by atomic mass is 10.00. The number of guanidine groups is 1. The zero-order valence-electron chi connectivity index (χ0n) is 14.6. The summed E-state index contributed by atoms with van der Waals surface area (Å²) in [5.41, 5.74) is 2.17. The van der Waals surface area contributed by atoms with Gasteiger partial charge in [-0.05, 0) is 37.3 Å². The molecule has 1 aliphatic heterocycles. The van der Waals surface area contributed by atoms with Gasteiger partial charge >= 0.3 is 0 Å². The van der Waals surface area contributed by atoms with E-state index < -0.39 is 0 Å². The summed E-state index contributed by atoms with van der Waals surface area (Å²) in [6, 6.07) is 8.18. The molecule has 1 aromatic carbocycles. The van der Waals surface area contributed by atoms with Crippen LogP contribution in [-0.4, -0.2) is 47.5 Å². The molecule has 5 nitrogen and oxygen atoms in total. The number of aryl methyl sites for hydroxylation is 1. The van der Waals surface area contributed by atoms with E-state index in [0.717, 1.165) is 61.2 Å². The summed E-state index contributed by atoms with van der Waals surface area (Å²) in [4.78, 5) is 14.8. The maximum atomic E-state index is 4.62. The van der Waals surface area contributed by atoms with Crippen LogP contribution in [0, 0.1) is 5.92 Å². The Morgan fingerprint density at radius 2 is 2.08 bits per heavy atom. The Morgan fingerprint density at radius 3 is 2.79 bits per heavy atom. The minimum absolute atomic E-state index is 0. The number of H-pyrrole nitrogens is 1. The van der Waals surface area contributed by atoms with E-state index in [1.54, 1.807) is 0 Å². The monoisotopic (exact) mass is 441 g/mol. The lowest BCUT2D eigenvalue weighted by Crippen LogP contribution is -2.45. The average molecular weight is 441 g/mol. The minimum atomic E-state index is 0. The molecule has 2 heterocycles. The number of hydrogen-bond acceptors (Lipinski definition) is 2. The molecule has 1 aliphatic rings. The van der Waals surface area contributed by atoms with Crippen molar-refractivity contribution in [3.63, 3.8) is 0 Å². The van der Waals surface area contributed by atoms with Gasteiger partial charge in [0.25, 0.3) is 0 Å². The third-order valence-corrected chi connectivity index (χ3v) is 4.61. The molecule has 0 unspecified atom stereocenters. The molecule has 1 saturated heterocycles. The Kier molecular flexibility index (Phi) is 7.33. The third-order valence-electron chi connectivity index (χ3n) is 4.61. The van der Waals surface area contributed by atoms with Crippen LogP contribution in [0.4, 0.5) is 0 Å². The molecular weight excluding hydrogens is 413 g/mol. The Labute approximate surface area is 161 Å². The van der Waals surface area contributed by atoms with Crippen molar-refractivity contribution in [2.45, 2.75) is 32.6 Å². The molecule has 1 aromatic heterocycles. The van der Waals surface area contributed by atoms with Crippen molar-refractivity contribution in [1.29, 1.82) is 0 Å². The van der Waals surface area contributed by atoms with Gasteiger partial charge in [0, 0.05) is 33.1 Å². The fourth-order valence-corrected chi connectivity index (χ4v) is 3.13. The first-order valence-corrected chi connectivity index (χ1v) is 8.65. The van der Waals surface area contributed by atoms with Gasteiger partial charge in [-0.1, -0.05) is 19.1 Å². The standard InChI is InChI=1S/C18H27N5.HI/c1-14-9-12-23(13-10-14)18(19-2)20-11-5-8-17-21-15-6-3-4-7-16(15)22-17;/h3-4,6-7,14H,5,8-13H2,1-2H3,(H,19,20)(H,21,22);1H.